The SMILES string of the molecule is CP(Oc1c(O)c(O)c2c(c1O)C(C)(C)C(C)(C)C2(C)C)C(C)(C)C(C)(C)C. The van der Waals surface area contributed by atoms with Crippen molar-refractivity contribution in [1.82, 2.24) is 0 Å². The van der Waals surface area contributed by atoms with Crippen LogP contribution in [0.2, 0.25) is 0 Å². The molecule has 0 amide bonds. The van der Waals surface area contributed by atoms with Gasteiger partial charge >= 0.3 is 0 Å². The molecule has 4 nitrogen and oxygen atoms in total. The second-order valence-corrected chi connectivity index (χ2v) is 13.7. The second-order valence-electron chi connectivity index (χ2n) is 11.4. The highest BCUT2D eigenvalue weighted by Crippen LogP contribution is 2.70. The van der Waals surface area contributed by atoms with Gasteiger partial charge < -0.3 is 19.8 Å². The summed E-state index contributed by atoms with van der Waals surface area (Å²) in [5.74, 6) is -0.586. The first-order valence-corrected chi connectivity index (χ1v) is 11.7. The summed E-state index contributed by atoms with van der Waals surface area (Å²) < 4.78 is 6.21. The van der Waals surface area contributed by atoms with Crippen molar-refractivity contribution in [1.29, 1.82) is 0 Å². The smallest absolute Gasteiger partial charge is 0.210 e. The molecule has 5 heteroatoms. The molecule has 0 saturated heterocycles. The minimum atomic E-state index is -1.05. The molecule has 0 aliphatic heterocycles. The minimum absolute atomic E-state index is 0.00348. The molecule has 1 atom stereocenters. The molecule has 0 spiro atoms. The number of fused-ring (bicyclic) bond motifs is 1. The Kier molecular flexibility index (Phi) is 5.10. The number of hydrogen-bond acceptors (Lipinski definition) is 4. The second kappa shape index (κ2) is 6.17. The lowest BCUT2D eigenvalue weighted by Gasteiger charge is -2.44. The van der Waals surface area contributed by atoms with Gasteiger partial charge in [0.1, 0.15) is 0 Å². The van der Waals surface area contributed by atoms with Gasteiger partial charge in [-0.25, -0.2) is 0 Å². The third-order valence-electron chi connectivity index (χ3n) is 8.60. The minimum Gasteiger partial charge on any atom is -0.504 e. The van der Waals surface area contributed by atoms with Crippen molar-refractivity contribution in [3.8, 4) is 23.0 Å². The molecule has 0 aromatic heterocycles. The van der Waals surface area contributed by atoms with E-state index in [1.807, 2.05) is 6.66 Å². The third kappa shape index (κ3) is 2.74. The first-order valence-electron chi connectivity index (χ1n) is 9.98. The fourth-order valence-electron chi connectivity index (χ4n) is 4.12. The van der Waals surface area contributed by atoms with Crippen molar-refractivity contribution in [3.05, 3.63) is 11.1 Å². The lowest BCUT2D eigenvalue weighted by Crippen LogP contribution is -2.42. The van der Waals surface area contributed by atoms with Gasteiger partial charge in [0.05, 0.1) is 8.15 Å². The molecular weight excluding hydrogens is 371 g/mol. The van der Waals surface area contributed by atoms with Gasteiger partial charge in [0.25, 0.3) is 0 Å². The van der Waals surface area contributed by atoms with Gasteiger partial charge in [0.2, 0.25) is 11.5 Å². The molecule has 0 radical (unpaired) electrons. The van der Waals surface area contributed by atoms with Gasteiger partial charge in [0.15, 0.2) is 11.5 Å². The molecule has 0 fully saturated rings. The van der Waals surface area contributed by atoms with E-state index in [1.54, 1.807) is 0 Å². The van der Waals surface area contributed by atoms with Crippen LogP contribution in [0.1, 0.15) is 87.3 Å². The number of hydrogen-bond donors (Lipinski definition) is 3. The van der Waals surface area contributed by atoms with Crippen LogP contribution in [-0.4, -0.2) is 27.1 Å². The molecule has 1 aliphatic carbocycles. The highest BCUT2D eigenvalue weighted by molar-refractivity contribution is 7.53. The Morgan fingerprint density at radius 3 is 1.50 bits per heavy atom. The van der Waals surface area contributed by atoms with Crippen molar-refractivity contribution < 1.29 is 19.8 Å². The van der Waals surface area contributed by atoms with Crippen molar-refractivity contribution in [2.45, 2.75) is 92.1 Å². The average molecular weight is 411 g/mol. The highest BCUT2D eigenvalue weighted by Gasteiger charge is 2.60. The van der Waals surface area contributed by atoms with Gasteiger partial charge in [-0.05, 0) is 28.3 Å². The third-order valence-corrected chi connectivity index (χ3v) is 11.3. The van der Waals surface area contributed by atoms with Crippen LogP contribution in [0.3, 0.4) is 0 Å². The Bertz CT molecular complexity index is 798. The molecule has 0 saturated carbocycles. The summed E-state index contributed by atoms with van der Waals surface area (Å²) in [7, 11) is -1.05. The maximum absolute atomic E-state index is 11.2. The lowest BCUT2D eigenvalue weighted by molar-refractivity contribution is 0.122. The highest BCUT2D eigenvalue weighted by atomic mass is 31.1. The average Bonchev–Trinajstić information content (AvgIpc) is 2.62. The maximum atomic E-state index is 11.2. The zero-order chi connectivity index (χ0) is 22.2. The largest absolute Gasteiger partial charge is 0.504 e. The van der Waals surface area contributed by atoms with Crippen molar-refractivity contribution in [3.63, 3.8) is 0 Å². The van der Waals surface area contributed by atoms with Gasteiger partial charge in [0, 0.05) is 16.3 Å². The van der Waals surface area contributed by atoms with E-state index in [1.165, 1.54) is 0 Å². The number of benzene rings is 1. The summed E-state index contributed by atoms with van der Waals surface area (Å²) in [5.41, 5.74) is 0.135. The van der Waals surface area contributed by atoms with Crippen LogP contribution in [-0.2, 0) is 10.8 Å². The van der Waals surface area contributed by atoms with Crippen LogP contribution >= 0.6 is 8.15 Å². The number of phenols is 3. The molecular formula is C23H39O4P. The molecule has 3 N–H and O–H groups in total. The Hall–Kier alpha value is -1.15. The topological polar surface area (TPSA) is 69.9 Å². The Balaban J connectivity index is 2.73. The first kappa shape index (κ1) is 23.1. The first-order chi connectivity index (χ1) is 12.2. The van der Waals surface area contributed by atoms with E-state index in [4.69, 9.17) is 4.52 Å². The van der Waals surface area contributed by atoms with Crippen LogP contribution in [0.15, 0.2) is 0 Å². The normalized spacial score (nSPS) is 21.3. The lowest BCUT2D eigenvalue weighted by atomic mass is 9.59. The van der Waals surface area contributed by atoms with Crippen molar-refractivity contribution in [2.24, 2.45) is 10.8 Å². The van der Waals surface area contributed by atoms with Gasteiger partial charge in [-0.3, -0.25) is 0 Å². The van der Waals surface area contributed by atoms with E-state index in [9.17, 15) is 15.3 Å². The molecule has 160 valence electrons. The van der Waals surface area contributed by atoms with Crippen molar-refractivity contribution >= 4 is 8.15 Å². The molecule has 1 aromatic carbocycles. The zero-order valence-electron chi connectivity index (χ0n) is 19.7. The molecule has 2 rings (SSSR count). The van der Waals surface area contributed by atoms with E-state index >= 15 is 0 Å². The summed E-state index contributed by atoms with van der Waals surface area (Å²) in [4.78, 5) is 0. The fourth-order valence-corrected chi connectivity index (χ4v) is 5.74. The zero-order valence-corrected chi connectivity index (χ0v) is 20.6. The van der Waals surface area contributed by atoms with Crippen LogP contribution in [0.25, 0.3) is 0 Å². The van der Waals surface area contributed by atoms with E-state index in [-0.39, 0.29) is 39.0 Å². The van der Waals surface area contributed by atoms with Crippen LogP contribution < -0.4 is 4.52 Å². The summed E-state index contributed by atoms with van der Waals surface area (Å²) in [5, 5.41) is 32.8. The molecule has 1 aliphatic rings. The Morgan fingerprint density at radius 1 is 0.714 bits per heavy atom. The molecule has 1 aromatic rings. The van der Waals surface area contributed by atoms with E-state index in [2.05, 4.69) is 76.2 Å². The van der Waals surface area contributed by atoms with Crippen molar-refractivity contribution in [2.75, 3.05) is 6.66 Å². The molecule has 0 bridgehead atoms. The molecule has 28 heavy (non-hydrogen) atoms. The van der Waals surface area contributed by atoms with Gasteiger partial charge in [-0.2, -0.15) is 0 Å². The number of phenolic OH excluding ortho intramolecular Hbond substituents is 3. The quantitative estimate of drug-likeness (QED) is 0.297. The van der Waals surface area contributed by atoms with Crippen LogP contribution in [0, 0.1) is 10.8 Å². The maximum Gasteiger partial charge on any atom is 0.210 e. The Morgan fingerprint density at radius 2 is 1.11 bits per heavy atom. The number of rotatable bonds is 3. The Labute approximate surface area is 172 Å². The van der Waals surface area contributed by atoms with E-state index in [0.717, 1.165) is 0 Å². The van der Waals surface area contributed by atoms with Crippen LogP contribution in [0.5, 0.6) is 23.0 Å². The monoisotopic (exact) mass is 410 g/mol. The standard InChI is InChI=1S/C23H39O4P/c1-19(2,3)23(10,11)28(12)27-18-16(25)14-13(15(24)17(18)26)20(4,5)22(8,9)21(14,6)7/h24-26H,1-12H3. The van der Waals surface area contributed by atoms with Gasteiger partial charge in [-0.15, -0.1) is 0 Å². The molecule has 0 heterocycles. The van der Waals surface area contributed by atoms with E-state index in [0.29, 0.717) is 11.1 Å². The van der Waals surface area contributed by atoms with Gasteiger partial charge in [-0.1, -0.05) is 76.2 Å². The number of aromatic hydroxyl groups is 3. The van der Waals surface area contributed by atoms with E-state index < -0.39 is 19.0 Å². The summed E-state index contributed by atoms with van der Waals surface area (Å²) >= 11 is 0. The molecule has 1 unspecified atom stereocenters. The fraction of sp³-hybridized carbons (Fsp3) is 0.739. The summed E-state index contributed by atoms with van der Waals surface area (Å²) in [6, 6.07) is 0. The summed E-state index contributed by atoms with van der Waals surface area (Å²) in [6.07, 6.45) is 0. The predicted octanol–water partition coefficient (Wildman–Crippen LogP) is 6.63. The summed E-state index contributed by atoms with van der Waals surface area (Å²) in [6.45, 7) is 25.3. The predicted molar refractivity (Wildman–Crippen MR) is 118 cm³/mol. The van der Waals surface area contributed by atoms with Crippen LogP contribution in [0.4, 0.5) is 0 Å².